The van der Waals surface area contributed by atoms with Crippen molar-refractivity contribution >= 4 is 17.7 Å². The van der Waals surface area contributed by atoms with Crippen LogP contribution in [0.2, 0.25) is 0 Å². The second-order valence-corrected chi connectivity index (χ2v) is 10.2. The summed E-state index contributed by atoms with van der Waals surface area (Å²) in [5.41, 5.74) is 5.28. The highest BCUT2D eigenvalue weighted by Gasteiger charge is 2.33. The van der Waals surface area contributed by atoms with Gasteiger partial charge in [-0.1, -0.05) is 30.3 Å². The molecule has 2 aliphatic rings. The van der Waals surface area contributed by atoms with E-state index in [0.29, 0.717) is 6.42 Å². The van der Waals surface area contributed by atoms with Crippen molar-refractivity contribution < 1.29 is 14.3 Å². The Balaban J connectivity index is 1.57. The zero-order valence-corrected chi connectivity index (χ0v) is 21.6. The number of piperazine rings is 1. The standard InChI is InChI=1S/C28H38N4O3/c1-19(2)35-28(34)29-26-16-20(3)32(21(4)33)27-11-10-24(17-25(26)27)23-8-6-22(7-9-23)18-31-14-12-30(5)13-15-31/h6-11,17,19-20,26H,12-16,18H2,1-5H3,(H,29,34)/t20-,26+/m1/s1. The lowest BCUT2D eigenvalue weighted by Crippen LogP contribution is -2.45. The fourth-order valence-corrected chi connectivity index (χ4v) is 5.12. The van der Waals surface area contributed by atoms with Crippen LogP contribution in [0.5, 0.6) is 0 Å². The Bertz CT molecular complexity index is 1040. The van der Waals surface area contributed by atoms with E-state index in [0.717, 1.165) is 55.1 Å². The summed E-state index contributed by atoms with van der Waals surface area (Å²) in [6, 6.07) is 14.6. The number of nitrogens with zero attached hydrogens (tertiary/aromatic N) is 3. The maximum absolute atomic E-state index is 12.4. The summed E-state index contributed by atoms with van der Waals surface area (Å²) in [6.45, 7) is 12.7. The van der Waals surface area contributed by atoms with E-state index in [2.05, 4.69) is 58.6 Å². The Kier molecular flexibility index (Phi) is 7.77. The van der Waals surface area contributed by atoms with Crippen molar-refractivity contribution in [3.05, 3.63) is 53.6 Å². The minimum Gasteiger partial charge on any atom is -0.447 e. The number of alkyl carbamates (subject to hydrolysis) is 1. The van der Waals surface area contributed by atoms with E-state index in [1.807, 2.05) is 31.7 Å². The van der Waals surface area contributed by atoms with Gasteiger partial charge in [-0.15, -0.1) is 0 Å². The normalized spacial score (nSPS) is 21.0. The van der Waals surface area contributed by atoms with Gasteiger partial charge >= 0.3 is 6.09 Å². The molecule has 2 aliphatic heterocycles. The highest BCUT2D eigenvalue weighted by atomic mass is 16.6. The molecule has 0 aliphatic carbocycles. The average Bonchev–Trinajstić information content (AvgIpc) is 2.80. The number of anilines is 1. The summed E-state index contributed by atoms with van der Waals surface area (Å²) in [7, 11) is 2.17. The Labute approximate surface area is 209 Å². The number of hydrogen-bond acceptors (Lipinski definition) is 5. The van der Waals surface area contributed by atoms with Gasteiger partial charge < -0.3 is 19.9 Å². The molecule has 0 saturated carbocycles. The van der Waals surface area contributed by atoms with Crippen LogP contribution in [0.3, 0.4) is 0 Å². The van der Waals surface area contributed by atoms with Crippen LogP contribution in [-0.2, 0) is 16.1 Å². The number of amides is 2. The molecule has 0 aromatic heterocycles. The van der Waals surface area contributed by atoms with E-state index in [1.165, 1.54) is 5.56 Å². The lowest BCUT2D eigenvalue weighted by Gasteiger charge is -2.39. The first kappa shape index (κ1) is 25.2. The van der Waals surface area contributed by atoms with Crippen molar-refractivity contribution in [3.8, 4) is 11.1 Å². The summed E-state index contributed by atoms with van der Waals surface area (Å²) >= 11 is 0. The number of carbonyl (C=O) groups excluding carboxylic acids is 2. The summed E-state index contributed by atoms with van der Waals surface area (Å²) in [5.74, 6) is 0.00275. The Morgan fingerprint density at radius 2 is 1.69 bits per heavy atom. The SMILES string of the molecule is CC(=O)N1c2ccc(-c3ccc(CN4CCN(C)CC4)cc3)cc2[C@@H](NC(=O)OC(C)C)C[C@H]1C. The largest absolute Gasteiger partial charge is 0.447 e. The zero-order valence-electron chi connectivity index (χ0n) is 21.6. The lowest BCUT2D eigenvalue weighted by atomic mass is 9.89. The second kappa shape index (κ2) is 10.8. The van der Waals surface area contributed by atoms with Crippen LogP contribution in [0.15, 0.2) is 42.5 Å². The van der Waals surface area contributed by atoms with Crippen LogP contribution in [-0.4, -0.2) is 67.2 Å². The van der Waals surface area contributed by atoms with Crippen LogP contribution in [0, 0.1) is 0 Å². The van der Waals surface area contributed by atoms with E-state index in [4.69, 9.17) is 4.74 Å². The molecule has 0 unspecified atom stereocenters. The quantitative estimate of drug-likeness (QED) is 0.689. The summed E-state index contributed by atoms with van der Waals surface area (Å²) in [5, 5.41) is 3.02. The van der Waals surface area contributed by atoms with Crippen molar-refractivity contribution in [2.24, 2.45) is 0 Å². The number of ether oxygens (including phenoxy) is 1. The summed E-state index contributed by atoms with van der Waals surface area (Å²) in [4.78, 5) is 31.5. The van der Waals surface area contributed by atoms with Gasteiger partial charge in [-0.2, -0.15) is 0 Å². The van der Waals surface area contributed by atoms with Gasteiger partial charge in [0.2, 0.25) is 5.91 Å². The monoisotopic (exact) mass is 478 g/mol. The number of rotatable bonds is 5. The van der Waals surface area contributed by atoms with Crippen molar-refractivity contribution in [1.29, 1.82) is 0 Å². The van der Waals surface area contributed by atoms with Gasteiger partial charge in [-0.3, -0.25) is 9.69 Å². The van der Waals surface area contributed by atoms with Crippen LogP contribution < -0.4 is 10.2 Å². The third kappa shape index (κ3) is 6.03. The van der Waals surface area contributed by atoms with Gasteiger partial charge in [0, 0.05) is 51.4 Å². The predicted octanol–water partition coefficient (Wildman–Crippen LogP) is 4.42. The fraction of sp³-hybridized carbons (Fsp3) is 0.500. The molecule has 4 rings (SSSR count). The lowest BCUT2D eigenvalue weighted by molar-refractivity contribution is -0.117. The summed E-state index contributed by atoms with van der Waals surface area (Å²) in [6.07, 6.45) is 0.00527. The van der Waals surface area contributed by atoms with Crippen LogP contribution in [0.25, 0.3) is 11.1 Å². The van der Waals surface area contributed by atoms with Crippen molar-refractivity contribution in [3.63, 3.8) is 0 Å². The second-order valence-electron chi connectivity index (χ2n) is 10.2. The minimum atomic E-state index is -0.432. The molecule has 2 atom stereocenters. The zero-order chi connectivity index (χ0) is 25.1. The minimum absolute atomic E-state index is 0.00275. The van der Waals surface area contributed by atoms with Crippen LogP contribution >= 0.6 is 0 Å². The molecule has 0 spiro atoms. The third-order valence-corrected chi connectivity index (χ3v) is 6.94. The first-order valence-corrected chi connectivity index (χ1v) is 12.6. The van der Waals surface area contributed by atoms with E-state index < -0.39 is 6.09 Å². The van der Waals surface area contributed by atoms with Crippen molar-refractivity contribution in [2.45, 2.75) is 58.8 Å². The molecular formula is C28H38N4O3. The molecule has 7 heteroatoms. The molecule has 1 fully saturated rings. The molecule has 0 bridgehead atoms. The van der Waals surface area contributed by atoms with Gasteiger partial charge in [0.1, 0.15) is 0 Å². The maximum atomic E-state index is 12.4. The first-order valence-electron chi connectivity index (χ1n) is 12.6. The molecule has 2 amide bonds. The number of carbonyl (C=O) groups is 2. The van der Waals surface area contributed by atoms with Gasteiger partial charge in [0.15, 0.2) is 0 Å². The molecule has 1 saturated heterocycles. The fourth-order valence-electron chi connectivity index (χ4n) is 5.12. The third-order valence-electron chi connectivity index (χ3n) is 6.94. The Hall–Kier alpha value is -2.90. The molecule has 35 heavy (non-hydrogen) atoms. The molecule has 7 nitrogen and oxygen atoms in total. The molecule has 0 radical (unpaired) electrons. The van der Waals surface area contributed by atoms with Gasteiger partial charge in [0.05, 0.1) is 12.1 Å². The molecule has 2 aromatic carbocycles. The Morgan fingerprint density at radius 1 is 1.03 bits per heavy atom. The van der Waals surface area contributed by atoms with Gasteiger partial charge in [0.25, 0.3) is 0 Å². The van der Waals surface area contributed by atoms with Crippen LogP contribution in [0.1, 0.15) is 51.3 Å². The Morgan fingerprint density at radius 3 is 2.31 bits per heavy atom. The number of likely N-dealkylation sites (N-methyl/N-ethyl adjacent to an activating group) is 1. The van der Waals surface area contributed by atoms with E-state index in [-0.39, 0.29) is 24.1 Å². The topological polar surface area (TPSA) is 65.1 Å². The van der Waals surface area contributed by atoms with Gasteiger partial charge in [-0.05, 0) is 68.6 Å². The van der Waals surface area contributed by atoms with Crippen LogP contribution in [0.4, 0.5) is 10.5 Å². The highest BCUT2D eigenvalue weighted by Crippen LogP contribution is 2.39. The smallest absolute Gasteiger partial charge is 0.407 e. The number of hydrogen-bond donors (Lipinski definition) is 1. The predicted molar refractivity (Wildman–Crippen MR) is 139 cm³/mol. The van der Waals surface area contributed by atoms with E-state index in [1.54, 1.807) is 6.92 Å². The van der Waals surface area contributed by atoms with Crippen molar-refractivity contribution in [2.75, 3.05) is 38.1 Å². The maximum Gasteiger partial charge on any atom is 0.407 e. The molecular weight excluding hydrogens is 440 g/mol. The average molecular weight is 479 g/mol. The molecule has 2 aromatic rings. The van der Waals surface area contributed by atoms with Crippen molar-refractivity contribution in [1.82, 2.24) is 15.1 Å². The molecule has 2 heterocycles. The number of nitrogens with one attached hydrogen (secondary N) is 1. The van der Waals surface area contributed by atoms with Gasteiger partial charge in [-0.25, -0.2) is 4.79 Å². The molecule has 1 N–H and O–H groups in total. The summed E-state index contributed by atoms with van der Waals surface area (Å²) < 4.78 is 5.34. The number of fused-ring (bicyclic) bond motifs is 1. The van der Waals surface area contributed by atoms with E-state index >= 15 is 0 Å². The first-order chi connectivity index (χ1) is 16.7. The molecule has 188 valence electrons. The number of benzene rings is 2. The van der Waals surface area contributed by atoms with E-state index in [9.17, 15) is 9.59 Å². The highest BCUT2D eigenvalue weighted by molar-refractivity contribution is 5.94.